The summed E-state index contributed by atoms with van der Waals surface area (Å²) in [5.41, 5.74) is 3.14. The normalized spacial score (nSPS) is 10.4. The topological polar surface area (TPSA) is 71.1 Å². The fraction of sp³-hybridized carbons (Fsp3) is 0.150. The number of carbonyl (C=O) groups is 2. The number of carbonyl (C=O) groups excluding carboxylic acids is 2. The molecule has 132 valence electrons. The van der Waals surface area contributed by atoms with Crippen molar-refractivity contribution in [2.45, 2.75) is 20.3 Å². The summed E-state index contributed by atoms with van der Waals surface area (Å²) in [7, 11) is 0. The second kappa shape index (κ2) is 7.93. The van der Waals surface area contributed by atoms with Crippen molar-refractivity contribution >= 4 is 34.5 Å². The van der Waals surface area contributed by atoms with Gasteiger partial charge in [0.15, 0.2) is 0 Å². The molecule has 0 fully saturated rings. The number of thiazole rings is 1. The molecule has 3 aromatic rings. The molecule has 1 aromatic heterocycles. The zero-order valence-corrected chi connectivity index (χ0v) is 15.4. The summed E-state index contributed by atoms with van der Waals surface area (Å²) in [4.78, 5) is 29.6. The van der Waals surface area contributed by atoms with Crippen LogP contribution in [-0.4, -0.2) is 16.8 Å². The highest BCUT2D eigenvalue weighted by Gasteiger charge is 2.17. The molecule has 0 unspecified atom stereocenters. The van der Waals surface area contributed by atoms with Crippen LogP contribution in [0.15, 0.2) is 54.6 Å². The van der Waals surface area contributed by atoms with Crippen LogP contribution in [0.2, 0.25) is 0 Å². The number of nitrogens with zero attached hydrogens (tertiary/aromatic N) is 1. The summed E-state index contributed by atoms with van der Waals surface area (Å²) >= 11 is 1.25. The van der Waals surface area contributed by atoms with Crippen molar-refractivity contribution in [3.05, 3.63) is 75.7 Å². The van der Waals surface area contributed by atoms with Crippen molar-refractivity contribution in [1.82, 2.24) is 4.98 Å². The predicted molar refractivity (Wildman–Crippen MR) is 105 cm³/mol. The summed E-state index contributed by atoms with van der Waals surface area (Å²) < 4.78 is 0. The zero-order chi connectivity index (χ0) is 18.5. The average Bonchev–Trinajstić information content (AvgIpc) is 2.98. The van der Waals surface area contributed by atoms with Gasteiger partial charge in [-0.05, 0) is 37.6 Å². The molecular formula is C20H19N3O2S. The maximum absolute atomic E-state index is 12.4. The second-order valence-corrected chi connectivity index (χ2v) is 6.97. The van der Waals surface area contributed by atoms with Crippen LogP contribution in [0.4, 0.5) is 11.4 Å². The van der Waals surface area contributed by atoms with Crippen LogP contribution in [-0.2, 0) is 11.2 Å². The van der Waals surface area contributed by atoms with Gasteiger partial charge in [-0.3, -0.25) is 9.59 Å². The molecule has 0 saturated carbocycles. The highest BCUT2D eigenvalue weighted by molar-refractivity contribution is 7.14. The Balaban J connectivity index is 1.67. The van der Waals surface area contributed by atoms with Gasteiger partial charge in [-0.15, -0.1) is 11.3 Å². The van der Waals surface area contributed by atoms with Crippen molar-refractivity contribution in [2.75, 3.05) is 10.6 Å². The highest BCUT2D eigenvalue weighted by Crippen LogP contribution is 2.21. The molecule has 0 radical (unpaired) electrons. The number of nitrogens with one attached hydrogen (secondary N) is 2. The fourth-order valence-electron chi connectivity index (χ4n) is 2.49. The van der Waals surface area contributed by atoms with E-state index in [0.717, 1.165) is 16.9 Å². The first-order valence-corrected chi connectivity index (χ1v) is 9.03. The number of hydrogen-bond acceptors (Lipinski definition) is 4. The first-order valence-electron chi connectivity index (χ1n) is 8.21. The fourth-order valence-corrected chi connectivity index (χ4v) is 3.45. The van der Waals surface area contributed by atoms with Crippen molar-refractivity contribution in [3.63, 3.8) is 0 Å². The molecule has 26 heavy (non-hydrogen) atoms. The molecule has 0 aliphatic carbocycles. The molecular weight excluding hydrogens is 346 g/mol. The molecule has 0 bridgehead atoms. The number of hydrogen-bond donors (Lipinski definition) is 2. The van der Waals surface area contributed by atoms with Crippen LogP contribution in [0.3, 0.4) is 0 Å². The van der Waals surface area contributed by atoms with Crippen LogP contribution < -0.4 is 10.6 Å². The van der Waals surface area contributed by atoms with Gasteiger partial charge in [0.1, 0.15) is 9.88 Å². The Bertz CT molecular complexity index is 935. The largest absolute Gasteiger partial charge is 0.325 e. The van der Waals surface area contributed by atoms with Crippen LogP contribution in [0.25, 0.3) is 0 Å². The molecule has 0 saturated heterocycles. The molecule has 0 spiro atoms. The van der Waals surface area contributed by atoms with Gasteiger partial charge in [-0.25, -0.2) is 4.98 Å². The Labute approximate surface area is 156 Å². The first-order chi connectivity index (χ1) is 12.5. The summed E-state index contributed by atoms with van der Waals surface area (Å²) in [5, 5.41) is 6.34. The van der Waals surface area contributed by atoms with Crippen molar-refractivity contribution in [3.8, 4) is 0 Å². The summed E-state index contributed by atoms with van der Waals surface area (Å²) in [5.74, 6) is -0.361. The molecule has 1 heterocycles. The van der Waals surface area contributed by atoms with Gasteiger partial charge < -0.3 is 10.6 Å². The minimum atomic E-state index is -0.211. The Kier molecular flexibility index (Phi) is 5.43. The maximum atomic E-state index is 12.4. The molecule has 5 nitrogen and oxygen atoms in total. The number of anilines is 2. The molecule has 0 aliphatic heterocycles. The van der Waals surface area contributed by atoms with Gasteiger partial charge in [-0.2, -0.15) is 0 Å². The number of amides is 2. The van der Waals surface area contributed by atoms with Gasteiger partial charge >= 0.3 is 0 Å². The summed E-state index contributed by atoms with van der Waals surface area (Å²) in [6.45, 7) is 3.72. The number of aryl methyl sites for hydroxylation is 2. The summed E-state index contributed by atoms with van der Waals surface area (Å²) in [6, 6.07) is 16.9. The quantitative estimate of drug-likeness (QED) is 0.712. The molecule has 2 amide bonds. The van der Waals surface area contributed by atoms with E-state index in [1.807, 2.05) is 61.5 Å². The van der Waals surface area contributed by atoms with Gasteiger partial charge in [0.05, 0.1) is 12.1 Å². The van der Waals surface area contributed by atoms with Crippen LogP contribution >= 0.6 is 11.3 Å². The Morgan fingerprint density at radius 1 is 0.962 bits per heavy atom. The number of para-hydroxylation sites is 2. The van der Waals surface area contributed by atoms with E-state index in [0.29, 0.717) is 15.6 Å². The van der Waals surface area contributed by atoms with Crippen LogP contribution in [0.1, 0.15) is 25.9 Å². The number of benzene rings is 2. The zero-order valence-electron chi connectivity index (χ0n) is 14.6. The van der Waals surface area contributed by atoms with E-state index in [1.54, 1.807) is 6.92 Å². The molecule has 6 heteroatoms. The SMILES string of the molecule is Cc1ccccc1NC(=O)Cc1nc(C)c(C(=O)Nc2ccccc2)s1. The van der Waals surface area contributed by atoms with Gasteiger partial charge in [0.25, 0.3) is 5.91 Å². The van der Waals surface area contributed by atoms with E-state index < -0.39 is 0 Å². The molecule has 2 N–H and O–H groups in total. The first kappa shape index (κ1) is 17.8. The lowest BCUT2D eigenvalue weighted by atomic mass is 10.2. The van der Waals surface area contributed by atoms with Gasteiger partial charge in [-0.1, -0.05) is 36.4 Å². The third kappa shape index (κ3) is 4.34. The van der Waals surface area contributed by atoms with E-state index in [1.165, 1.54) is 11.3 Å². The standard InChI is InChI=1S/C20H19N3O2S/c1-13-8-6-7-11-16(13)23-17(24)12-18-21-14(2)19(26-18)20(25)22-15-9-4-3-5-10-15/h3-11H,12H2,1-2H3,(H,22,25)(H,23,24). The molecule has 2 aromatic carbocycles. The highest BCUT2D eigenvalue weighted by atomic mass is 32.1. The third-order valence-electron chi connectivity index (χ3n) is 3.81. The predicted octanol–water partition coefficient (Wildman–Crippen LogP) is 4.19. The lowest BCUT2D eigenvalue weighted by molar-refractivity contribution is -0.115. The molecule has 3 rings (SSSR count). The Morgan fingerprint density at radius 2 is 1.65 bits per heavy atom. The maximum Gasteiger partial charge on any atom is 0.267 e. The lowest BCUT2D eigenvalue weighted by Gasteiger charge is -2.06. The monoisotopic (exact) mass is 365 g/mol. The smallest absolute Gasteiger partial charge is 0.267 e. The van der Waals surface area contributed by atoms with Crippen molar-refractivity contribution in [1.29, 1.82) is 0 Å². The lowest BCUT2D eigenvalue weighted by Crippen LogP contribution is -2.15. The van der Waals surface area contributed by atoms with E-state index in [2.05, 4.69) is 15.6 Å². The molecule has 0 aliphatic rings. The average molecular weight is 365 g/mol. The second-order valence-electron chi connectivity index (χ2n) is 5.88. The number of aromatic nitrogens is 1. The van der Waals surface area contributed by atoms with Crippen molar-refractivity contribution < 1.29 is 9.59 Å². The molecule has 0 atom stereocenters. The van der Waals surface area contributed by atoms with Gasteiger partial charge in [0.2, 0.25) is 5.91 Å². The van der Waals surface area contributed by atoms with E-state index >= 15 is 0 Å². The van der Waals surface area contributed by atoms with Crippen LogP contribution in [0, 0.1) is 13.8 Å². The minimum absolute atomic E-state index is 0.137. The van der Waals surface area contributed by atoms with Crippen LogP contribution in [0.5, 0.6) is 0 Å². The van der Waals surface area contributed by atoms with E-state index in [4.69, 9.17) is 0 Å². The van der Waals surface area contributed by atoms with E-state index in [9.17, 15) is 9.59 Å². The third-order valence-corrected chi connectivity index (χ3v) is 4.97. The van der Waals surface area contributed by atoms with Gasteiger partial charge in [0, 0.05) is 11.4 Å². The number of rotatable bonds is 5. The summed E-state index contributed by atoms with van der Waals surface area (Å²) in [6.07, 6.45) is 0.137. The Morgan fingerprint density at radius 3 is 2.38 bits per heavy atom. The van der Waals surface area contributed by atoms with E-state index in [-0.39, 0.29) is 18.2 Å². The van der Waals surface area contributed by atoms with Crippen molar-refractivity contribution in [2.24, 2.45) is 0 Å². The Hall–Kier alpha value is -2.99. The minimum Gasteiger partial charge on any atom is -0.325 e.